The normalized spacial score (nSPS) is 20.4. The highest BCUT2D eigenvalue weighted by molar-refractivity contribution is 5.94. The van der Waals surface area contributed by atoms with Crippen molar-refractivity contribution in [1.29, 1.82) is 0 Å². The molecule has 0 amide bonds. The van der Waals surface area contributed by atoms with Gasteiger partial charge in [0.25, 0.3) is 0 Å². The number of fused-ring (bicyclic) bond motifs is 1. The number of aliphatic hydroxyl groups excluding tert-OH is 1. The Bertz CT molecular complexity index is 1010. The Morgan fingerprint density at radius 2 is 2.17 bits per heavy atom. The number of halogens is 1. The Labute approximate surface area is 168 Å². The summed E-state index contributed by atoms with van der Waals surface area (Å²) in [6.45, 7) is 1.34. The second kappa shape index (κ2) is 8.28. The van der Waals surface area contributed by atoms with Gasteiger partial charge < -0.3 is 26.2 Å². The minimum atomic E-state index is -0.517. The van der Waals surface area contributed by atoms with E-state index in [1.54, 1.807) is 12.1 Å². The zero-order valence-electron chi connectivity index (χ0n) is 16.1. The van der Waals surface area contributed by atoms with Gasteiger partial charge in [-0.05, 0) is 36.7 Å². The van der Waals surface area contributed by atoms with Gasteiger partial charge in [-0.3, -0.25) is 0 Å². The van der Waals surface area contributed by atoms with Gasteiger partial charge in [0, 0.05) is 35.6 Å². The lowest BCUT2D eigenvalue weighted by Crippen LogP contribution is -2.44. The van der Waals surface area contributed by atoms with Crippen LogP contribution in [-0.2, 0) is 0 Å². The van der Waals surface area contributed by atoms with Gasteiger partial charge in [-0.1, -0.05) is 12.1 Å². The smallest absolute Gasteiger partial charge is 0.165 e. The molecule has 2 heterocycles. The Balaban J connectivity index is 1.75. The van der Waals surface area contributed by atoms with E-state index in [9.17, 15) is 9.50 Å². The number of hydrogen-bond acceptors (Lipinski definition) is 7. The summed E-state index contributed by atoms with van der Waals surface area (Å²) in [6, 6.07) is 9.90. The van der Waals surface area contributed by atoms with E-state index >= 15 is 0 Å². The van der Waals surface area contributed by atoms with Crippen LogP contribution in [0.1, 0.15) is 18.0 Å². The summed E-state index contributed by atoms with van der Waals surface area (Å²) >= 11 is 0. The van der Waals surface area contributed by atoms with Crippen molar-refractivity contribution in [1.82, 2.24) is 15.3 Å². The number of nitrogens with one attached hydrogen (secondary N) is 2. The van der Waals surface area contributed by atoms with Crippen molar-refractivity contribution >= 4 is 22.4 Å². The van der Waals surface area contributed by atoms with E-state index in [1.807, 2.05) is 18.2 Å². The van der Waals surface area contributed by atoms with Crippen molar-refractivity contribution in [3.05, 3.63) is 54.1 Å². The Kier molecular flexibility index (Phi) is 5.57. The van der Waals surface area contributed by atoms with Crippen LogP contribution in [0.25, 0.3) is 10.9 Å². The van der Waals surface area contributed by atoms with Crippen LogP contribution in [0.2, 0.25) is 0 Å². The Hall–Kier alpha value is -2.81. The lowest BCUT2D eigenvalue weighted by molar-refractivity contribution is 0.0676. The summed E-state index contributed by atoms with van der Waals surface area (Å²) in [5, 5.41) is 17.6. The second-order valence-corrected chi connectivity index (χ2v) is 7.19. The maximum Gasteiger partial charge on any atom is 0.165 e. The third kappa shape index (κ3) is 3.87. The molecular formula is C21H24FN5O2. The summed E-state index contributed by atoms with van der Waals surface area (Å²) in [5.41, 5.74) is 8.86. The Morgan fingerprint density at radius 1 is 1.31 bits per heavy atom. The molecule has 0 bridgehead atoms. The molecule has 5 N–H and O–H groups in total. The third-order valence-electron chi connectivity index (χ3n) is 5.43. The van der Waals surface area contributed by atoms with Gasteiger partial charge in [0.15, 0.2) is 11.6 Å². The summed E-state index contributed by atoms with van der Waals surface area (Å²) in [4.78, 5) is 8.77. The molecule has 0 radical (unpaired) electrons. The number of nitrogens with zero attached hydrogens (tertiary/aromatic N) is 2. The molecule has 3 aromatic rings. The highest BCUT2D eigenvalue weighted by atomic mass is 19.1. The average molecular weight is 397 g/mol. The molecule has 29 heavy (non-hydrogen) atoms. The lowest BCUT2D eigenvalue weighted by atomic mass is 9.83. The van der Waals surface area contributed by atoms with E-state index in [0.717, 1.165) is 29.4 Å². The summed E-state index contributed by atoms with van der Waals surface area (Å²) in [6.07, 6.45) is 1.74. The molecule has 8 heteroatoms. The number of aromatic nitrogens is 2. The van der Waals surface area contributed by atoms with Gasteiger partial charge in [-0.15, -0.1) is 0 Å². The van der Waals surface area contributed by atoms with E-state index in [-0.39, 0.29) is 17.7 Å². The van der Waals surface area contributed by atoms with Crippen LogP contribution < -0.4 is 21.1 Å². The van der Waals surface area contributed by atoms with Gasteiger partial charge >= 0.3 is 0 Å². The van der Waals surface area contributed by atoms with Gasteiger partial charge in [0.05, 0.1) is 18.7 Å². The molecule has 3 atom stereocenters. The van der Waals surface area contributed by atoms with E-state index in [0.29, 0.717) is 18.1 Å². The van der Waals surface area contributed by atoms with Crippen molar-refractivity contribution in [2.24, 2.45) is 11.7 Å². The molecule has 0 saturated carbocycles. The zero-order valence-corrected chi connectivity index (χ0v) is 16.1. The summed E-state index contributed by atoms with van der Waals surface area (Å²) in [7, 11) is 1.42. The monoisotopic (exact) mass is 397 g/mol. The molecular weight excluding hydrogens is 373 g/mol. The lowest BCUT2D eigenvalue weighted by Gasteiger charge is -2.33. The van der Waals surface area contributed by atoms with Crippen molar-refractivity contribution in [2.75, 3.05) is 25.5 Å². The largest absolute Gasteiger partial charge is 0.494 e. The predicted molar refractivity (Wildman–Crippen MR) is 110 cm³/mol. The van der Waals surface area contributed by atoms with E-state index < -0.39 is 11.9 Å². The highest BCUT2D eigenvalue weighted by Crippen LogP contribution is 2.35. The van der Waals surface area contributed by atoms with Gasteiger partial charge in [0.2, 0.25) is 0 Å². The van der Waals surface area contributed by atoms with Crippen LogP contribution in [0.3, 0.4) is 0 Å². The number of nitrogens with two attached hydrogens (primary N) is 1. The fourth-order valence-electron chi connectivity index (χ4n) is 3.90. The van der Waals surface area contributed by atoms with Gasteiger partial charge in [0.1, 0.15) is 12.1 Å². The highest BCUT2D eigenvalue weighted by Gasteiger charge is 2.30. The van der Waals surface area contributed by atoms with Crippen LogP contribution in [0.4, 0.5) is 15.9 Å². The van der Waals surface area contributed by atoms with Crippen LogP contribution in [0.5, 0.6) is 5.75 Å². The molecule has 0 aliphatic carbocycles. The standard InChI is InChI=1S/C21H24FN5O2/c1-29-18-9-12(5-6-15(18)22)27-21-19-14(3-2-4-16(19)25-11-26-21)20(23)13-7-8-24-10-17(13)28/h2-6,9,11,13,17,20,24,28H,7-8,10,23H2,1H3,(H,25,26,27)/t13-,17-,20?/m0/s1. The van der Waals surface area contributed by atoms with Gasteiger partial charge in [-0.2, -0.15) is 0 Å². The number of methoxy groups -OCH3 is 1. The fraction of sp³-hybridized carbons (Fsp3) is 0.333. The number of hydrogen-bond donors (Lipinski definition) is 4. The van der Waals surface area contributed by atoms with Crippen molar-refractivity contribution < 1.29 is 14.2 Å². The van der Waals surface area contributed by atoms with Crippen LogP contribution in [0, 0.1) is 11.7 Å². The number of β-amino-alcohol motifs (C(OH)–C–C–N with tert-alkyl or cyclic N) is 1. The number of benzene rings is 2. The van der Waals surface area contributed by atoms with E-state index in [4.69, 9.17) is 10.5 Å². The molecule has 2 aromatic carbocycles. The summed E-state index contributed by atoms with van der Waals surface area (Å²) < 4.78 is 18.8. The topological polar surface area (TPSA) is 105 Å². The first kappa shape index (κ1) is 19.5. The molecule has 152 valence electrons. The molecule has 1 aliphatic rings. The average Bonchev–Trinajstić information content (AvgIpc) is 2.74. The number of rotatable bonds is 5. The minimum Gasteiger partial charge on any atom is -0.494 e. The fourth-order valence-corrected chi connectivity index (χ4v) is 3.90. The van der Waals surface area contributed by atoms with Crippen molar-refractivity contribution in [3.63, 3.8) is 0 Å². The first-order valence-corrected chi connectivity index (χ1v) is 9.57. The molecule has 1 aliphatic heterocycles. The van der Waals surface area contributed by atoms with E-state index in [2.05, 4.69) is 20.6 Å². The number of anilines is 2. The number of aliphatic hydroxyl groups is 1. The molecule has 1 fully saturated rings. The second-order valence-electron chi connectivity index (χ2n) is 7.19. The SMILES string of the molecule is COc1cc(Nc2ncnc3cccc(C(N)[C@H]4CCNC[C@@H]4O)c23)ccc1F. The quantitative estimate of drug-likeness (QED) is 0.524. The van der Waals surface area contributed by atoms with Crippen molar-refractivity contribution in [3.8, 4) is 5.75 Å². The molecule has 0 spiro atoms. The van der Waals surface area contributed by atoms with Crippen LogP contribution >= 0.6 is 0 Å². The predicted octanol–water partition coefficient (Wildman–Crippen LogP) is 2.49. The van der Waals surface area contributed by atoms with Crippen molar-refractivity contribution in [2.45, 2.75) is 18.6 Å². The molecule has 1 saturated heterocycles. The maximum absolute atomic E-state index is 13.8. The third-order valence-corrected chi connectivity index (χ3v) is 5.43. The Morgan fingerprint density at radius 3 is 2.97 bits per heavy atom. The zero-order chi connectivity index (χ0) is 20.4. The molecule has 1 unspecified atom stereocenters. The summed E-state index contributed by atoms with van der Waals surface area (Å²) in [5.74, 6) is 0.204. The first-order valence-electron chi connectivity index (χ1n) is 9.57. The maximum atomic E-state index is 13.8. The first-order chi connectivity index (χ1) is 14.1. The number of ether oxygens (including phenoxy) is 1. The van der Waals surface area contributed by atoms with Gasteiger partial charge in [-0.25, -0.2) is 14.4 Å². The molecule has 1 aromatic heterocycles. The molecule has 4 rings (SSSR count). The molecule has 7 nitrogen and oxygen atoms in total. The van der Waals surface area contributed by atoms with E-state index in [1.165, 1.54) is 19.5 Å². The van der Waals surface area contributed by atoms with Crippen LogP contribution in [-0.4, -0.2) is 41.4 Å². The minimum absolute atomic E-state index is 0.0687. The van der Waals surface area contributed by atoms with Crippen LogP contribution in [0.15, 0.2) is 42.7 Å². The number of piperidine rings is 1.